The molecule has 2 unspecified atom stereocenters. The topological polar surface area (TPSA) is 38.5 Å². The van der Waals surface area contributed by atoms with Crippen LogP contribution in [0.25, 0.3) is 0 Å². The molecule has 3 nitrogen and oxygen atoms in total. The number of nitrogens with two attached hydrogens (primary N) is 1. The fourth-order valence-corrected chi connectivity index (χ4v) is 3.88. The third-order valence-corrected chi connectivity index (χ3v) is 5.09. The lowest BCUT2D eigenvalue weighted by molar-refractivity contribution is -0.0786. The van der Waals surface area contributed by atoms with Crippen molar-refractivity contribution in [3.8, 4) is 0 Å². The molecule has 0 aromatic rings. The fraction of sp³-hybridized carbons (Fsp3) is 1.00. The van der Waals surface area contributed by atoms with Crippen molar-refractivity contribution in [1.82, 2.24) is 4.90 Å². The maximum atomic E-state index is 6.43. The Labute approximate surface area is 112 Å². The summed E-state index contributed by atoms with van der Waals surface area (Å²) < 4.78 is 6.17. The quantitative estimate of drug-likeness (QED) is 0.840. The van der Waals surface area contributed by atoms with Gasteiger partial charge < -0.3 is 15.4 Å². The minimum Gasteiger partial charge on any atom is -0.368 e. The second-order valence-corrected chi connectivity index (χ2v) is 7.32. The van der Waals surface area contributed by atoms with Crippen LogP contribution < -0.4 is 5.73 Å². The molecule has 2 rings (SSSR count). The standard InChI is InChI=1S/C15H30N2O/c1-14(2)12(13(16)15(3,4)18-14)10-17(5)11-8-6-7-9-11/h11-13H,6-10,16H2,1-5H3. The summed E-state index contributed by atoms with van der Waals surface area (Å²) in [4.78, 5) is 2.52. The Hall–Kier alpha value is -0.120. The normalized spacial score (nSPS) is 35.5. The largest absolute Gasteiger partial charge is 0.368 e. The zero-order valence-corrected chi connectivity index (χ0v) is 12.7. The maximum Gasteiger partial charge on any atom is 0.0788 e. The molecule has 2 fully saturated rings. The van der Waals surface area contributed by atoms with Gasteiger partial charge in [0.25, 0.3) is 0 Å². The van der Waals surface area contributed by atoms with Crippen LogP contribution in [0.15, 0.2) is 0 Å². The molecule has 2 N–H and O–H groups in total. The van der Waals surface area contributed by atoms with E-state index >= 15 is 0 Å². The molecule has 2 aliphatic rings. The summed E-state index contributed by atoms with van der Waals surface area (Å²) >= 11 is 0. The van der Waals surface area contributed by atoms with Crippen molar-refractivity contribution in [3.05, 3.63) is 0 Å². The van der Waals surface area contributed by atoms with Gasteiger partial charge in [0.2, 0.25) is 0 Å². The molecule has 3 heteroatoms. The Bertz CT molecular complexity index is 295. The highest BCUT2D eigenvalue weighted by Gasteiger charge is 2.52. The average molecular weight is 254 g/mol. The summed E-state index contributed by atoms with van der Waals surface area (Å²) in [7, 11) is 2.25. The van der Waals surface area contributed by atoms with Gasteiger partial charge in [-0.15, -0.1) is 0 Å². The molecule has 18 heavy (non-hydrogen) atoms. The molecule has 0 amide bonds. The van der Waals surface area contributed by atoms with Crippen LogP contribution in [0.2, 0.25) is 0 Å². The number of hydrogen-bond acceptors (Lipinski definition) is 3. The van der Waals surface area contributed by atoms with Crippen molar-refractivity contribution in [2.45, 2.75) is 76.7 Å². The first kappa shape index (κ1) is 14.3. The molecule has 1 aliphatic heterocycles. The molecule has 1 heterocycles. The average Bonchev–Trinajstić information content (AvgIpc) is 2.79. The van der Waals surface area contributed by atoms with E-state index in [1.165, 1.54) is 25.7 Å². The fourth-order valence-electron chi connectivity index (χ4n) is 3.88. The molecule has 106 valence electrons. The van der Waals surface area contributed by atoms with Crippen LogP contribution in [-0.2, 0) is 4.74 Å². The maximum absolute atomic E-state index is 6.43. The molecule has 0 bridgehead atoms. The summed E-state index contributed by atoms with van der Waals surface area (Å²) in [6, 6.07) is 0.882. The highest BCUT2D eigenvalue weighted by Crippen LogP contribution is 2.41. The minimum absolute atomic E-state index is 0.115. The first-order valence-corrected chi connectivity index (χ1v) is 7.40. The predicted octanol–water partition coefficient (Wildman–Crippen LogP) is 2.39. The molecule has 0 aromatic carbocycles. The van der Waals surface area contributed by atoms with Crippen molar-refractivity contribution >= 4 is 0 Å². The van der Waals surface area contributed by atoms with Gasteiger partial charge in [-0.3, -0.25) is 0 Å². The van der Waals surface area contributed by atoms with Crippen LogP contribution in [0.1, 0.15) is 53.4 Å². The number of hydrogen-bond donors (Lipinski definition) is 1. The van der Waals surface area contributed by atoms with Gasteiger partial charge in [-0.05, 0) is 47.6 Å². The van der Waals surface area contributed by atoms with Crippen molar-refractivity contribution < 1.29 is 4.74 Å². The molecule has 0 radical (unpaired) electrons. The van der Waals surface area contributed by atoms with Crippen LogP contribution in [0.5, 0.6) is 0 Å². The second-order valence-electron chi connectivity index (χ2n) is 7.32. The van der Waals surface area contributed by atoms with Gasteiger partial charge >= 0.3 is 0 Å². The van der Waals surface area contributed by atoms with Gasteiger partial charge in [-0.2, -0.15) is 0 Å². The summed E-state index contributed by atoms with van der Waals surface area (Å²) in [5.41, 5.74) is 6.11. The van der Waals surface area contributed by atoms with Gasteiger partial charge in [0.15, 0.2) is 0 Å². The van der Waals surface area contributed by atoms with Gasteiger partial charge in [0.05, 0.1) is 11.2 Å². The van der Waals surface area contributed by atoms with Gasteiger partial charge in [-0.1, -0.05) is 12.8 Å². The molecular weight excluding hydrogens is 224 g/mol. The lowest BCUT2D eigenvalue weighted by Crippen LogP contribution is -2.48. The number of nitrogens with zero attached hydrogens (tertiary/aromatic N) is 1. The lowest BCUT2D eigenvalue weighted by atomic mass is 9.82. The van der Waals surface area contributed by atoms with E-state index in [2.05, 4.69) is 39.6 Å². The van der Waals surface area contributed by atoms with E-state index in [-0.39, 0.29) is 17.2 Å². The lowest BCUT2D eigenvalue weighted by Gasteiger charge is -2.34. The first-order chi connectivity index (χ1) is 8.24. The van der Waals surface area contributed by atoms with E-state index in [1.54, 1.807) is 0 Å². The van der Waals surface area contributed by atoms with Crippen LogP contribution in [0, 0.1) is 5.92 Å². The molecule has 1 saturated carbocycles. The zero-order valence-electron chi connectivity index (χ0n) is 12.7. The Morgan fingerprint density at radius 3 is 2.11 bits per heavy atom. The highest BCUT2D eigenvalue weighted by atomic mass is 16.5. The summed E-state index contributed by atoms with van der Waals surface area (Å²) in [5, 5.41) is 0. The van der Waals surface area contributed by atoms with Crippen molar-refractivity contribution in [2.24, 2.45) is 11.7 Å². The predicted molar refractivity (Wildman–Crippen MR) is 75.6 cm³/mol. The molecule has 1 aliphatic carbocycles. The van der Waals surface area contributed by atoms with E-state index in [1.807, 2.05) is 0 Å². The Kier molecular flexibility index (Phi) is 3.79. The van der Waals surface area contributed by atoms with Crippen molar-refractivity contribution in [3.63, 3.8) is 0 Å². The van der Waals surface area contributed by atoms with E-state index in [4.69, 9.17) is 10.5 Å². The first-order valence-electron chi connectivity index (χ1n) is 7.40. The van der Waals surface area contributed by atoms with Crippen LogP contribution in [0.3, 0.4) is 0 Å². The Balaban J connectivity index is 2.03. The Morgan fingerprint density at radius 1 is 1.11 bits per heavy atom. The minimum atomic E-state index is -0.204. The molecule has 2 atom stereocenters. The number of ether oxygens (including phenoxy) is 1. The van der Waals surface area contributed by atoms with Gasteiger partial charge in [0.1, 0.15) is 0 Å². The number of rotatable bonds is 3. The SMILES string of the molecule is CN(CC1C(N)C(C)(C)OC1(C)C)C1CCCC1. The summed E-state index contributed by atoms with van der Waals surface area (Å²) in [6.07, 6.45) is 5.47. The van der Waals surface area contributed by atoms with E-state index in [0.29, 0.717) is 5.92 Å². The zero-order chi connectivity index (χ0) is 13.6. The van der Waals surface area contributed by atoms with Gasteiger partial charge in [-0.25, -0.2) is 0 Å². The second kappa shape index (κ2) is 4.77. The highest BCUT2D eigenvalue weighted by molar-refractivity contribution is 5.04. The third-order valence-electron chi connectivity index (χ3n) is 5.09. The van der Waals surface area contributed by atoms with Crippen molar-refractivity contribution in [1.29, 1.82) is 0 Å². The third kappa shape index (κ3) is 2.59. The molecule has 0 aromatic heterocycles. The molecule has 1 saturated heterocycles. The van der Waals surface area contributed by atoms with Crippen LogP contribution in [0.4, 0.5) is 0 Å². The molecule has 0 spiro atoms. The van der Waals surface area contributed by atoms with Crippen molar-refractivity contribution in [2.75, 3.05) is 13.6 Å². The van der Waals surface area contributed by atoms with E-state index < -0.39 is 0 Å². The van der Waals surface area contributed by atoms with Crippen LogP contribution >= 0.6 is 0 Å². The smallest absolute Gasteiger partial charge is 0.0788 e. The van der Waals surface area contributed by atoms with Gasteiger partial charge in [0, 0.05) is 24.5 Å². The Morgan fingerprint density at radius 2 is 1.67 bits per heavy atom. The summed E-state index contributed by atoms with van der Waals surface area (Å²) in [5.74, 6) is 0.415. The van der Waals surface area contributed by atoms with E-state index in [0.717, 1.165) is 12.6 Å². The summed E-state index contributed by atoms with van der Waals surface area (Å²) in [6.45, 7) is 9.68. The molecular formula is C15H30N2O. The van der Waals surface area contributed by atoms with Crippen LogP contribution in [-0.4, -0.2) is 41.8 Å². The van der Waals surface area contributed by atoms with E-state index in [9.17, 15) is 0 Å². The monoisotopic (exact) mass is 254 g/mol.